The van der Waals surface area contributed by atoms with Crippen molar-refractivity contribution in [1.82, 2.24) is 9.88 Å². The van der Waals surface area contributed by atoms with Gasteiger partial charge in [-0.05, 0) is 38.5 Å². The molecular weight excluding hydrogens is 343 g/mol. The van der Waals surface area contributed by atoms with Crippen LogP contribution in [-0.4, -0.2) is 52.5 Å². The summed E-state index contributed by atoms with van der Waals surface area (Å²) in [6.07, 6.45) is -1.99. The lowest BCUT2D eigenvalue weighted by Gasteiger charge is -2.36. The molecule has 1 N–H and O–H groups in total. The van der Waals surface area contributed by atoms with Crippen LogP contribution in [0.3, 0.4) is 0 Å². The van der Waals surface area contributed by atoms with Crippen LogP contribution < -0.4 is 0 Å². The number of hydrogen-bond acceptors (Lipinski definition) is 5. The predicted octanol–water partition coefficient (Wildman–Crippen LogP) is 3.06. The van der Waals surface area contributed by atoms with Gasteiger partial charge in [-0.25, -0.2) is 9.78 Å². The minimum absolute atomic E-state index is 0.186. The van der Waals surface area contributed by atoms with Gasteiger partial charge in [0.15, 0.2) is 0 Å². The average molecular weight is 363 g/mol. The molecule has 1 fully saturated rings. The summed E-state index contributed by atoms with van der Waals surface area (Å²) in [5.41, 5.74) is -0.0821. The number of halogens is 2. The van der Waals surface area contributed by atoms with E-state index in [2.05, 4.69) is 4.98 Å². The highest BCUT2D eigenvalue weighted by molar-refractivity contribution is 6.32. The SMILES string of the molecule is CC(C)(C)OC(=O)N1CCO[C@@H](C(O)c2cc(Cl)nc(Cl)c2)C1. The second-order valence-corrected chi connectivity index (χ2v) is 7.10. The monoisotopic (exact) mass is 362 g/mol. The van der Waals surface area contributed by atoms with E-state index in [4.69, 9.17) is 32.7 Å². The molecule has 0 radical (unpaired) electrons. The van der Waals surface area contributed by atoms with Gasteiger partial charge in [0.2, 0.25) is 0 Å². The van der Waals surface area contributed by atoms with Gasteiger partial charge in [0.1, 0.15) is 28.1 Å². The first-order valence-electron chi connectivity index (χ1n) is 7.26. The van der Waals surface area contributed by atoms with Crippen molar-refractivity contribution in [1.29, 1.82) is 0 Å². The maximum absolute atomic E-state index is 12.1. The van der Waals surface area contributed by atoms with Gasteiger partial charge in [0.25, 0.3) is 0 Å². The third-order valence-electron chi connectivity index (χ3n) is 3.22. The summed E-state index contributed by atoms with van der Waals surface area (Å²) in [6, 6.07) is 3.04. The van der Waals surface area contributed by atoms with Gasteiger partial charge in [-0.15, -0.1) is 0 Å². The molecule has 128 valence electrons. The Bertz CT molecular complexity index is 557. The van der Waals surface area contributed by atoms with Crippen molar-refractivity contribution < 1.29 is 19.4 Å². The van der Waals surface area contributed by atoms with Crippen LogP contribution in [0.25, 0.3) is 0 Å². The van der Waals surface area contributed by atoms with E-state index in [1.165, 1.54) is 17.0 Å². The largest absolute Gasteiger partial charge is 0.444 e. The van der Waals surface area contributed by atoms with Gasteiger partial charge >= 0.3 is 6.09 Å². The Morgan fingerprint density at radius 2 is 2.04 bits per heavy atom. The predicted molar refractivity (Wildman–Crippen MR) is 86.8 cm³/mol. The normalized spacial score (nSPS) is 20.3. The highest BCUT2D eigenvalue weighted by atomic mass is 35.5. The number of hydrogen-bond donors (Lipinski definition) is 1. The zero-order valence-electron chi connectivity index (χ0n) is 13.3. The van der Waals surface area contributed by atoms with Crippen molar-refractivity contribution in [2.75, 3.05) is 19.7 Å². The Hall–Kier alpha value is -1.08. The smallest absolute Gasteiger partial charge is 0.410 e. The molecule has 1 aromatic rings. The van der Waals surface area contributed by atoms with Crippen LogP contribution in [-0.2, 0) is 9.47 Å². The number of carbonyl (C=O) groups excluding carboxylic acids is 1. The number of aliphatic hydroxyl groups excluding tert-OH is 1. The van der Waals surface area contributed by atoms with Crippen LogP contribution in [0.2, 0.25) is 10.3 Å². The fourth-order valence-corrected chi connectivity index (χ4v) is 2.70. The van der Waals surface area contributed by atoms with Gasteiger partial charge in [0.05, 0.1) is 13.2 Å². The Balaban J connectivity index is 2.06. The molecule has 1 aliphatic heterocycles. The Kier molecular flexibility index (Phi) is 5.73. The van der Waals surface area contributed by atoms with Crippen LogP contribution >= 0.6 is 23.2 Å². The second kappa shape index (κ2) is 7.21. The number of amides is 1. The molecule has 1 saturated heterocycles. The maximum Gasteiger partial charge on any atom is 0.410 e. The molecule has 1 unspecified atom stereocenters. The van der Waals surface area contributed by atoms with Crippen LogP contribution in [0.5, 0.6) is 0 Å². The lowest BCUT2D eigenvalue weighted by atomic mass is 10.0. The molecule has 2 heterocycles. The second-order valence-electron chi connectivity index (χ2n) is 6.33. The van der Waals surface area contributed by atoms with Crippen LogP contribution in [0.1, 0.15) is 32.4 Å². The summed E-state index contributed by atoms with van der Waals surface area (Å²) in [6.45, 7) is 6.35. The number of aliphatic hydroxyl groups is 1. The standard InChI is InChI=1S/C15H20Cl2N2O4/c1-15(2,3)23-14(21)19-4-5-22-10(8-19)13(20)9-6-11(16)18-12(17)7-9/h6-7,10,13,20H,4-5,8H2,1-3H3/t10-,13?/m1/s1. The van der Waals surface area contributed by atoms with Crippen LogP contribution in [0.4, 0.5) is 4.79 Å². The third kappa shape index (κ3) is 5.21. The molecule has 23 heavy (non-hydrogen) atoms. The van der Waals surface area contributed by atoms with Crippen molar-refractivity contribution >= 4 is 29.3 Å². The fourth-order valence-electron chi connectivity index (χ4n) is 2.23. The maximum atomic E-state index is 12.1. The van der Waals surface area contributed by atoms with E-state index < -0.39 is 23.9 Å². The van der Waals surface area contributed by atoms with Crippen LogP contribution in [0, 0.1) is 0 Å². The molecule has 8 heteroatoms. The molecule has 2 atom stereocenters. The zero-order chi connectivity index (χ0) is 17.2. The summed E-state index contributed by atoms with van der Waals surface area (Å²) in [4.78, 5) is 17.5. The molecule has 0 bridgehead atoms. The first-order valence-corrected chi connectivity index (χ1v) is 8.02. The molecule has 1 amide bonds. The van der Waals surface area contributed by atoms with Crippen molar-refractivity contribution in [3.05, 3.63) is 28.0 Å². The summed E-state index contributed by atoms with van der Waals surface area (Å²) >= 11 is 11.7. The van der Waals surface area contributed by atoms with Crippen molar-refractivity contribution in [2.45, 2.75) is 38.6 Å². The number of morpholine rings is 1. The van der Waals surface area contributed by atoms with Gasteiger partial charge in [-0.2, -0.15) is 0 Å². The number of aromatic nitrogens is 1. The van der Waals surface area contributed by atoms with E-state index >= 15 is 0 Å². The van der Waals surface area contributed by atoms with Crippen LogP contribution in [0.15, 0.2) is 12.1 Å². The fraction of sp³-hybridized carbons (Fsp3) is 0.600. The quantitative estimate of drug-likeness (QED) is 0.818. The van der Waals surface area contributed by atoms with E-state index in [1.54, 1.807) is 20.8 Å². The topological polar surface area (TPSA) is 71.9 Å². The Morgan fingerprint density at radius 3 is 2.61 bits per heavy atom. The van der Waals surface area contributed by atoms with E-state index in [9.17, 15) is 9.90 Å². The zero-order valence-corrected chi connectivity index (χ0v) is 14.8. The minimum atomic E-state index is -0.974. The van der Waals surface area contributed by atoms with Crippen molar-refractivity contribution in [3.63, 3.8) is 0 Å². The molecule has 6 nitrogen and oxygen atoms in total. The van der Waals surface area contributed by atoms with E-state index in [0.717, 1.165) is 0 Å². The highest BCUT2D eigenvalue weighted by Gasteiger charge is 2.32. The molecule has 2 rings (SSSR count). The van der Waals surface area contributed by atoms with Gasteiger partial charge in [0, 0.05) is 6.54 Å². The number of carbonyl (C=O) groups is 1. The molecule has 0 aliphatic carbocycles. The van der Waals surface area contributed by atoms with Gasteiger partial charge < -0.3 is 19.5 Å². The molecule has 0 saturated carbocycles. The number of nitrogens with zero attached hydrogens (tertiary/aromatic N) is 2. The van der Waals surface area contributed by atoms with Gasteiger partial charge in [-0.1, -0.05) is 23.2 Å². The Morgan fingerprint density at radius 1 is 1.43 bits per heavy atom. The van der Waals surface area contributed by atoms with E-state index in [1.807, 2.05) is 0 Å². The average Bonchev–Trinajstić information content (AvgIpc) is 2.44. The molecular formula is C15H20Cl2N2O4. The Labute approximate surface area is 145 Å². The lowest BCUT2D eigenvalue weighted by molar-refractivity contribution is -0.0908. The first kappa shape index (κ1) is 18.3. The van der Waals surface area contributed by atoms with E-state index in [-0.39, 0.29) is 16.9 Å². The lowest BCUT2D eigenvalue weighted by Crippen LogP contribution is -2.49. The summed E-state index contributed by atoms with van der Waals surface area (Å²) in [5.74, 6) is 0. The third-order valence-corrected chi connectivity index (χ3v) is 3.61. The summed E-state index contributed by atoms with van der Waals surface area (Å²) in [5, 5.41) is 10.9. The number of pyridine rings is 1. The number of rotatable bonds is 2. The number of ether oxygens (including phenoxy) is 2. The summed E-state index contributed by atoms with van der Waals surface area (Å²) < 4.78 is 10.9. The first-order chi connectivity index (χ1) is 10.7. The van der Waals surface area contributed by atoms with Gasteiger partial charge in [-0.3, -0.25) is 0 Å². The van der Waals surface area contributed by atoms with E-state index in [0.29, 0.717) is 18.7 Å². The molecule has 0 aromatic carbocycles. The summed E-state index contributed by atoms with van der Waals surface area (Å²) in [7, 11) is 0. The molecule has 0 spiro atoms. The minimum Gasteiger partial charge on any atom is -0.444 e. The molecule has 1 aliphatic rings. The highest BCUT2D eigenvalue weighted by Crippen LogP contribution is 2.26. The van der Waals surface area contributed by atoms with Crippen molar-refractivity contribution in [3.8, 4) is 0 Å². The molecule has 1 aromatic heterocycles. The van der Waals surface area contributed by atoms with Crippen molar-refractivity contribution in [2.24, 2.45) is 0 Å².